The zero-order valence-electron chi connectivity index (χ0n) is 17.9. The van der Waals surface area contributed by atoms with E-state index in [2.05, 4.69) is 15.0 Å². The summed E-state index contributed by atoms with van der Waals surface area (Å²) in [5.41, 5.74) is 2.86. The number of aryl methyl sites for hydroxylation is 1. The topological polar surface area (TPSA) is 103 Å². The lowest BCUT2D eigenvalue weighted by molar-refractivity contribution is 0.285. The summed E-state index contributed by atoms with van der Waals surface area (Å²) in [4.78, 5) is 25.5. The van der Waals surface area contributed by atoms with Crippen LogP contribution in [0.1, 0.15) is 35.1 Å². The number of aromatic nitrogens is 4. The van der Waals surface area contributed by atoms with Gasteiger partial charge in [0.05, 0.1) is 25.5 Å². The van der Waals surface area contributed by atoms with Crippen LogP contribution in [0, 0.1) is 31.1 Å². The summed E-state index contributed by atoms with van der Waals surface area (Å²) >= 11 is 0. The van der Waals surface area contributed by atoms with E-state index in [9.17, 15) is 10.1 Å². The Hall–Kier alpha value is -3.73. The summed E-state index contributed by atoms with van der Waals surface area (Å²) in [5.74, 6) is 2.47. The van der Waals surface area contributed by atoms with Gasteiger partial charge < -0.3 is 14.0 Å². The van der Waals surface area contributed by atoms with Crippen LogP contribution in [0.3, 0.4) is 0 Å². The van der Waals surface area contributed by atoms with Crippen LogP contribution < -0.4 is 15.0 Å². The van der Waals surface area contributed by atoms with Gasteiger partial charge in [-0.25, -0.2) is 4.98 Å². The molecule has 0 N–H and O–H groups in total. The highest BCUT2D eigenvalue weighted by Crippen LogP contribution is 2.47. The van der Waals surface area contributed by atoms with Gasteiger partial charge in [0.1, 0.15) is 23.2 Å². The molecule has 0 radical (unpaired) electrons. The van der Waals surface area contributed by atoms with E-state index in [0.717, 1.165) is 17.9 Å². The maximum Gasteiger partial charge on any atom is 0.268 e. The molecule has 4 rings (SSSR count). The Morgan fingerprint density at radius 3 is 2.71 bits per heavy atom. The third-order valence-corrected chi connectivity index (χ3v) is 5.73. The van der Waals surface area contributed by atoms with Crippen molar-refractivity contribution in [3.8, 4) is 28.8 Å². The minimum Gasteiger partial charge on any atom is -0.495 e. The fourth-order valence-electron chi connectivity index (χ4n) is 3.63. The smallest absolute Gasteiger partial charge is 0.268 e. The molecule has 0 spiro atoms. The first-order valence-electron chi connectivity index (χ1n) is 10.0. The van der Waals surface area contributed by atoms with Crippen molar-refractivity contribution in [2.45, 2.75) is 26.2 Å². The molecule has 1 saturated carbocycles. The lowest BCUT2D eigenvalue weighted by atomic mass is 10.0. The van der Waals surface area contributed by atoms with Gasteiger partial charge in [-0.1, -0.05) is 0 Å². The van der Waals surface area contributed by atoms with E-state index >= 15 is 0 Å². The summed E-state index contributed by atoms with van der Waals surface area (Å²) in [5, 5.41) is 9.33. The first-order valence-corrected chi connectivity index (χ1v) is 10.0. The van der Waals surface area contributed by atoms with Crippen molar-refractivity contribution in [3.05, 3.63) is 63.7 Å². The minimum absolute atomic E-state index is 0.0717. The standard InChI is InChI=1S/C23H23N5O3/c1-13-18(7-15(9-24)23(29)28(13)3)20-11-25-14(2)27-22(20)31-12-16-8-19(16)21-6-5-17(30-4)10-26-21/h5-7,10-11,16,19H,8,12H2,1-4H3. The van der Waals surface area contributed by atoms with Crippen LogP contribution in [0.25, 0.3) is 11.1 Å². The molecular formula is C23H23N5O3. The Labute approximate surface area is 180 Å². The lowest BCUT2D eigenvalue weighted by Gasteiger charge is -2.15. The highest BCUT2D eigenvalue weighted by Gasteiger charge is 2.40. The highest BCUT2D eigenvalue weighted by molar-refractivity contribution is 5.71. The van der Waals surface area contributed by atoms with E-state index in [1.54, 1.807) is 39.5 Å². The van der Waals surface area contributed by atoms with Gasteiger partial charge in [-0.3, -0.25) is 9.78 Å². The molecule has 0 saturated heterocycles. The molecule has 2 atom stereocenters. The number of rotatable bonds is 6. The Balaban J connectivity index is 1.57. The normalized spacial score (nSPS) is 17.1. The van der Waals surface area contributed by atoms with Crippen LogP contribution >= 0.6 is 0 Å². The van der Waals surface area contributed by atoms with E-state index < -0.39 is 0 Å². The number of methoxy groups -OCH3 is 1. The molecule has 31 heavy (non-hydrogen) atoms. The molecule has 8 heteroatoms. The second kappa shape index (κ2) is 8.19. The molecule has 0 aromatic carbocycles. The molecule has 3 aromatic rings. The van der Waals surface area contributed by atoms with Gasteiger partial charge >= 0.3 is 0 Å². The van der Waals surface area contributed by atoms with Gasteiger partial charge in [-0.05, 0) is 38.5 Å². The SMILES string of the molecule is COc1ccc(C2CC2COc2nc(C)ncc2-c2cc(C#N)c(=O)n(C)c2C)nc1. The molecule has 3 aromatic heterocycles. The van der Waals surface area contributed by atoms with Crippen molar-refractivity contribution in [2.75, 3.05) is 13.7 Å². The van der Waals surface area contributed by atoms with Gasteiger partial charge in [-0.15, -0.1) is 0 Å². The van der Waals surface area contributed by atoms with Crippen LogP contribution in [0.5, 0.6) is 11.6 Å². The first-order chi connectivity index (χ1) is 14.9. The maximum absolute atomic E-state index is 12.2. The van der Waals surface area contributed by atoms with E-state index in [-0.39, 0.29) is 11.1 Å². The summed E-state index contributed by atoms with van der Waals surface area (Å²) in [6.45, 7) is 4.12. The Morgan fingerprint density at radius 2 is 2.03 bits per heavy atom. The van der Waals surface area contributed by atoms with E-state index in [4.69, 9.17) is 9.47 Å². The molecule has 3 heterocycles. The van der Waals surface area contributed by atoms with E-state index in [1.165, 1.54) is 4.57 Å². The number of nitrogens with zero attached hydrogens (tertiary/aromatic N) is 5. The molecule has 8 nitrogen and oxygen atoms in total. The van der Waals surface area contributed by atoms with Gasteiger partial charge in [-0.2, -0.15) is 10.2 Å². The number of hydrogen-bond acceptors (Lipinski definition) is 7. The average molecular weight is 417 g/mol. The van der Waals surface area contributed by atoms with Crippen LogP contribution in [0.4, 0.5) is 0 Å². The largest absolute Gasteiger partial charge is 0.495 e. The highest BCUT2D eigenvalue weighted by atomic mass is 16.5. The monoisotopic (exact) mass is 417 g/mol. The zero-order chi connectivity index (χ0) is 22.1. The fraction of sp³-hybridized carbons (Fsp3) is 0.348. The summed E-state index contributed by atoms with van der Waals surface area (Å²) < 4.78 is 12.7. The van der Waals surface area contributed by atoms with Crippen LogP contribution in [0.15, 0.2) is 35.4 Å². The molecule has 1 fully saturated rings. The van der Waals surface area contributed by atoms with E-state index in [1.807, 2.05) is 25.1 Å². The Bertz CT molecular complexity index is 1230. The summed E-state index contributed by atoms with van der Waals surface area (Å²) in [6.07, 6.45) is 4.41. The fourth-order valence-corrected chi connectivity index (χ4v) is 3.63. The lowest BCUT2D eigenvalue weighted by Crippen LogP contribution is -2.22. The summed E-state index contributed by atoms with van der Waals surface area (Å²) in [6, 6.07) is 7.45. The van der Waals surface area contributed by atoms with Crippen LogP contribution in [-0.4, -0.2) is 33.2 Å². The third-order valence-electron chi connectivity index (χ3n) is 5.73. The van der Waals surface area contributed by atoms with Crippen LogP contribution in [0.2, 0.25) is 0 Å². The quantitative estimate of drug-likeness (QED) is 0.607. The molecule has 0 aliphatic heterocycles. The summed E-state index contributed by atoms with van der Waals surface area (Å²) in [7, 11) is 3.27. The molecule has 0 amide bonds. The third kappa shape index (κ3) is 3.99. The molecular weight excluding hydrogens is 394 g/mol. The van der Waals surface area contributed by atoms with Crippen molar-refractivity contribution >= 4 is 0 Å². The second-order valence-electron chi connectivity index (χ2n) is 7.71. The van der Waals surface area contributed by atoms with Gasteiger partial charge in [0.25, 0.3) is 5.56 Å². The maximum atomic E-state index is 12.2. The second-order valence-corrected chi connectivity index (χ2v) is 7.71. The van der Waals surface area contributed by atoms with Crippen molar-refractivity contribution in [1.82, 2.24) is 19.5 Å². The number of nitriles is 1. The molecule has 1 aliphatic rings. The number of pyridine rings is 2. The zero-order valence-corrected chi connectivity index (χ0v) is 17.9. The van der Waals surface area contributed by atoms with Crippen molar-refractivity contribution < 1.29 is 9.47 Å². The van der Waals surface area contributed by atoms with Gasteiger partial charge in [0, 0.05) is 42.0 Å². The predicted molar refractivity (Wildman–Crippen MR) is 114 cm³/mol. The van der Waals surface area contributed by atoms with Crippen molar-refractivity contribution in [1.29, 1.82) is 5.26 Å². The Morgan fingerprint density at radius 1 is 1.23 bits per heavy atom. The Kier molecular flexibility index (Phi) is 5.42. The van der Waals surface area contributed by atoms with Gasteiger partial charge in [0.15, 0.2) is 0 Å². The molecule has 1 aliphatic carbocycles. The van der Waals surface area contributed by atoms with E-state index in [0.29, 0.717) is 47.0 Å². The molecule has 158 valence electrons. The first kappa shape index (κ1) is 20.5. The average Bonchev–Trinajstić information content (AvgIpc) is 3.56. The van der Waals surface area contributed by atoms with Gasteiger partial charge in [0.2, 0.25) is 5.88 Å². The molecule has 2 unspecified atom stereocenters. The van der Waals surface area contributed by atoms with Crippen molar-refractivity contribution in [3.63, 3.8) is 0 Å². The van der Waals surface area contributed by atoms with Crippen molar-refractivity contribution in [2.24, 2.45) is 13.0 Å². The number of hydrogen-bond donors (Lipinski definition) is 0. The number of ether oxygens (including phenoxy) is 2. The predicted octanol–water partition coefficient (Wildman–Crippen LogP) is 2.92. The minimum atomic E-state index is -0.327. The van der Waals surface area contributed by atoms with Crippen LogP contribution in [-0.2, 0) is 7.05 Å². The molecule has 0 bridgehead atoms.